The lowest BCUT2D eigenvalue weighted by atomic mass is 10.3. The predicted octanol–water partition coefficient (Wildman–Crippen LogP) is -0.793. The molecule has 0 spiro atoms. The van der Waals surface area contributed by atoms with Crippen molar-refractivity contribution in [3.63, 3.8) is 0 Å². The molecule has 2 fully saturated rings. The van der Waals surface area contributed by atoms with Gasteiger partial charge in [-0.05, 0) is 13.0 Å². The van der Waals surface area contributed by atoms with E-state index in [0.29, 0.717) is 26.2 Å². The summed E-state index contributed by atoms with van der Waals surface area (Å²) in [6, 6.07) is 1.80. The van der Waals surface area contributed by atoms with Crippen molar-refractivity contribution in [2.24, 2.45) is 0 Å². The molecule has 8 nitrogen and oxygen atoms in total. The minimum atomic E-state index is -0.582. The minimum absolute atomic E-state index is 0.0562. The van der Waals surface area contributed by atoms with Crippen molar-refractivity contribution in [2.75, 3.05) is 57.3 Å². The molecule has 0 bridgehead atoms. The van der Waals surface area contributed by atoms with Crippen molar-refractivity contribution in [2.45, 2.75) is 19.1 Å². The van der Waals surface area contributed by atoms with Crippen LogP contribution in [0.5, 0.6) is 0 Å². The molecule has 1 N–H and O–H groups in total. The Bertz CT molecular complexity index is 536. The Morgan fingerprint density at radius 3 is 2.62 bits per heavy atom. The minimum Gasteiger partial charge on any atom is -0.388 e. The Hall–Kier alpha value is -1.77. The van der Waals surface area contributed by atoms with Gasteiger partial charge in [0.25, 0.3) is 0 Å². The number of ether oxygens (including phenoxy) is 1. The molecular weight excluding hydrogens is 310 g/mol. The molecule has 2 saturated heterocycles. The third-order valence-electron chi connectivity index (χ3n) is 4.54. The molecule has 2 atom stereocenters. The molecule has 3 rings (SSSR count). The summed E-state index contributed by atoms with van der Waals surface area (Å²) >= 11 is 0. The van der Waals surface area contributed by atoms with E-state index in [2.05, 4.69) is 19.8 Å². The largest absolute Gasteiger partial charge is 0.388 e. The van der Waals surface area contributed by atoms with Crippen LogP contribution in [0, 0.1) is 0 Å². The van der Waals surface area contributed by atoms with Crippen LogP contribution < -0.4 is 4.90 Å². The van der Waals surface area contributed by atoms with Crippen molar-refractivity contribution >= 4 is 11.9 Å². The second-order valence-electron chi connectivity index (χ2n) is 6.17. The molecule has 132 valence electrons. The summed E-state index contributed by atoms with van der Waals surface area (Å²) in [5, 5.41) is 9.95. The maximum absolute atomic E-state index is 12.4. The number of carbonyl (C=O) groups is 1. The first-order valence-corrected chi connectivity index (χ1v) is 8.49. The average molecular weight is 335 g/mol. The van der Waals surface area contributed by atoms with Gasteiger partial charge < -0.3 is 19.6 Å². The Kier molecular flexibility index (Phi) is 5.60. The highest BCUT2D eigenvalue weighted by molar-refractivity contribution is 5.78. The molecule has 8 heteroatoms. The van der Waals surface area contributed by atoms with Crippen LogP contribution in [0.1, 0.15) is 6.92 Å². The molecule has 0 saturated carbocycles. The number of hydrogen-bond acceptors (Lipinski definition) is 7. The molecule has 1 aromatic rings. The molecule has 0 radical (unpaired) electrons. The van der Waals surface area contributed by atoms with E-state index in [4.69, 9.17) is 4.74 Å². The number of rotatable bonds is 5. The fourth-order valence-corrected chi connectivity index (χ4v) is 3.19. The van der Waals surface area contributed by atoms with E-state index in [-0.39, 0.29) is 12.0 Å². The van der Waals surface area contributed by atoms with Gasteiger partial charge in [0.15, 0.2) is 0 Å². The summed E-state index contributed by atoms with van der Waals surface area (Å²) in [5.41, 5.74) is 0. The number of hydrogen-bond donors (Lipinski definition) is 1. The van der Waals surface area contributed by atoms with Gasteiger partial charge in [-0.1, -0.05) is 0 Å². The second kappa shape index (κ2) is 7.87. The van der Waals surface area contributed by atoms with Crippen LogP contribution in [0.15, 0.2) is 18.5 Å². The molecule has 0 aromatic carbocycles. The standard InChI is InChI=1S/C16H25N5O3/c1-2-24-14-11-21(10-13(14)22)15(23)12-19-6-8-20(9-7-19)16-17-4-3-5-18-16/h3-5,13-14,22H,2,6-12H2,1H3/t13-,14-/m1/s1. The number of anilines is 1. The average Bonchev–Trinajstić information content (AvgIpc) is 2.98. The zero-order chi connectivity index (χ0) is 16.9. The van der Waals surface area contributed by atoms with E-state index in [1.165, 1.54) is 0 Å². The van der Waals surface area contributed by atoms with Crippen LogP contribution in [0.3, 0.4) is 0 Å². The third kappa shape index (κ3) is 4.00. The fraction of sp³-hybridized carbons (Fsp3) is 0.688. The van der Waals surface area contributed by atoms with Crippen molar-refractivity contribution in [3.05, 3.63) is 18.5 Å². The molecule has 2 aliphatic heterocycles. The lowest BCUT2D eigenvalue weighted by Gasteiger charge is -2.34. The van der Waals surface area contributed by atoms with E-state index >= 15 is 0 Å². The van der Waals surface area contributed by atoms with E-state index < -0.39 is 6.10 Å². The van der Waals surface area contributed by atoms with Gasteiger partial charge >= 0.3 is 0 Å². The molecule has 0 unspecified atom stereocenters. The maximum Gasteiger partial charge on any atom is 0.236 e. The third-order valence-corrected chi connectivity index (χ3v) is 4.54. The van der Waals surface area contributed by atoms with Crippen LogP contribution >= 0.6 is 0 Å². The first kappa shape index (κ1) is 17.1. The molecule has 1 aromatic heterocycles. The molecule has 1 amide bonds. The summed E-state index contributed by atoms with van der Waals surface area (Å²) in [7, 11) is 0. The smallest absolute Gasteiger partial charge is 0.236 e. The summed E-state index contributed by atoms with van der Waals surface area (Å²) in [6.45, 7) is 6.88. The van der Waals surface area contributed by atoms with Crippen LogP contribution in [0.4, 0.5) is 5.95 Å². The number of amides is 1. The second-order valence-corrected chi connectivity index (χ2v) is 6.17. The van der Waals surface area contributed by atoms with Crippen molar-refractivity contribution in [3.8, 4) is 0 Å². The predicted molar refractivity (Wildman–Crippen MR) is 88.7 cm³/mol. The number of β-amino-alcohol motifs (C(OH)–C–C–N with tert-alkyl or cyclic N) is 1. The Balaban J connectivity index is 1.45. The van der Waals surface area contributed by atoms with Crippen molar-refractivity contribution in [1.82, 2.24) is 19.8 Å². The van der Waals surface area contributed by atoms with Crippen LogP contribution in [0.25, 0.3) is 0 Å². The summed E-state index contributed by atoms with van der Waals surface area (Å²) in [5.74, 6) is 0.798. The number of carbonyl (C=O) groups excluding carboxylic acids is 1. The van der Waals surface area contributed by atoms with Gasteiger partial charge in [0.05, 0.1) is 12.6 Å². The number of nitrogens with zero attached hydrogens (tertiary/aromatic N) is 5. The highest BCUT2D eigenvalue weighted by atomic mass is 16.5. The summed E-state index contributed by atoms with van der Waals surface area (Å²) in [4.78, 5) is 26.9. The van der Waals surface area contributed by atoms with Crippen LogP contribution in [-0.2, 0) is 9.53 Å². The summed E-state index contributed by atoms with van der Waals surface area (Å²) < 4.78 is 5.47. The Morgan fingerprint density at radius 2 is 1.96 bits per heavy atom. The maximum atomic E-state index is 12.4. The van der Waals surface area contributed by atoms with E-state index in [0.717, 1.165) is 32.1 Å². The van der Waals surface area contributed by atoms with E-state index in [9.17, 15) is 9.90 Å². The van der Waals surface area contributed by atoms with Gasteiger partial charge in [-0.25, -0.2) is 9.97 Å². The molecule has 24 heavy (non-hydrogen) atoms. The lowest BCUT2D eigenvalue weighted by Crippen LogP contribution is -2.50. The van der Waals surface area contributed by atoms with E-state index in [1.807, 2.05) is 6.92 Å². The quantitative estimate of drug-likeness (QED) is 0.755. The highest BCUT2D eigenvalue weighted by Crippen LogP contribution is 2.15. The zero-order valence-corrected chi connectivity index (χ0v) is 14.0. The number of aliphatic hydroxyl groups is 1. The normalized spacial score (nSPS) is 25.2. The lowest BCUT2D eigenvalue weighted by molar-refractivity contribution is -0.132. The van der Waals surface area contributed by atoms with Crippen molar-refractivity contribution < 1.29 is 14.6 Å². The number of aromatic nitrogens is 2. The molecular formula is C16H25N5O3. The molecule has 2 aliphatic rings. The van der Waals surface area contributed by atoms with Gasteiger partial charge in [-0.3, -0.25) is 9.69 Å². The van der Waals surface area contributed by atoms with Gasteiger partial charge in [0.1, 0.15) is 6.10 Å². The van der Waals surface area contributed by atoms with Crippen LogP contribution in [-0.4, -0.2) is 95.4 Å². The number of aliphatic hydroxyl groups excluding tert-OH is 1. The van der Waals surface area contributed by atoms with Crippen molar-refractivity contribution in [1.29, 1.82) is 0 Å². The molecule has 0 aliphatic carbocycles. The number of likely N-dealkylation sites (tertiary alicyclic amines) is 1. The fourth-order valence-electron chi connectivity index (χ4n) is 3.19. The first-order valence-electron chi connectivity index (χ1n) is 8.49. The number of piperazine rings is 1. The van der Waals surface area contributed by atoms with Gasteiger partial charge in [0.2, 0.25) is 11.9 Å². The molecule has 3 heterocycles. The highest BCUT2D eigenvalue weighted by Gasteiger charge is 2.35. The Labute approximate surface area is 142 Å². The Morgan fingerprint density at radius 1 is 1.25 bits per heavy atom. The van der Waals surface area contributed by atoms with Gasteiger partial charge in [-0.15, -0.1) is 0 Å². The summed E-state index contributed by atoms with van der Waals surface area (Å²) in [6.07, 6.45) is 2.64. The first-order chi connectivity index (χ1) is 11.7. The van der Waals surface area contributed by atoms with E-state index in [1.54, 1.807) is 23.4 Å². The topological polar surface area (TPSA) is 82.0 Å². The van der Waals surface area contributed by atoms with Gasteiger partial charge in [0, 0.05) is 58.3 Å². The van der Waals surface area contributed by atoms with Gasteiger partial charge in [-0.2, -0.15) is 0 Å². The SMILES string of the molecule is CCO[C@@H]1CN(C(=O)CN2CCN(c3ncccn3)CC2)C[C@H]1O. The monoisotopic (exact) mass is 335 g/mol. The van der Waals surface area contributed by atoms with Crippen LogP contribution in [0.2, 0.25) is 0 Å². The zero-order valence-electron chi connectivity index (χ0n) is 14.0.